The van der Waals surface area contributed by atoms with Gasteiger partial charge in [0.2, 0.25) is 0 Å². The predicted molar refractivity (Wildman–Crippen MR) is 84.5 cm³/mol. The van der Waals surface area contributed by atoms with Gasteiger partial charge in [-0.2, -0.15) is 0 Å². The van der Waals surface area contributed by atoms with E-state index in [-0.39, 0.29) is 17.2 Å². The van der Waals surface area contributed by atoms with Crippen LogP contribution in [0.2, 0.25) is 0 Å². The Kier molecular flexibility index (Phi) is 5.40. The van der Waals surface area contributed by atoms with Crippen molar-refractivity contribution in [2.75, 3.05) is 12.4 Å². The fourth-order valence-corrected chi connectivity index (χ4v) is 1.86. The van der Waals surface area contributed by atoms with Crippen LogP contribution in [0.15, 0.2) is 48.8 Å². The zero-order valence-corrected chi connectivity index (χ0v) is 12.5. The Hall–Kier alpha value is -3.22. The number of rotatable bonds is 4. The molecule has 118 valence electrons. The van der Waals surface area contributed by atoms with Gasteiger partial charge in [0, 0.05) is 26.0 Å². The Morgan fingerprint density at radius 1 is 1.04 bits per heavy atom. The monoisotopic (exact) mass is 312 g/mol. The zero-order valence-electron chi connectivity index (χ0n) is 12.5. The van der Waals surface area contributed by atoms with Crippen LogP contribution in [0.25, 0.3) is 0 Å². The number of hydrogen-bond donors (Lipinski definition) is 3. The number of nitrogens with one attached hydrogen (secondary N) is 3. The van der Waals surface area contributed by atoms with Gasteiger partial charge in [-0.25, -0.2) is 0 Å². The largest absolute Gasteiger partial charge is 0.351 e. The standard InChI is InChI=1S/C16H16N4O3/c1-17-15(22)16(23)20-13-7-3-2-6-12(13)14(21)19-10-11-5-4-8-18-9-11/h2-9H,10H2,1H3,(H,17,22)(H,19,21)(H,20,23). The second-order valence-corrected chi connectivity index (χ2v) is 4.62. The second kappa shape index (κ2) is 7.69. The molecule has 0 atom stereocenters. The molecule has 0 radical (unpaired) electrons. The van der Waals surface area contributed by atoms with Crippen molar-refractivity contribution in [2.24, 2.45) is 0 Å². The number of benzene rings is 1. The number of amides is 3. The van der Waals surface area contributed by atoms with Crippen molar-refractivity contribution < 1.29 is 14.4 Å². The van der Waals surface area contributed by atoms with Crippen LogP contribution < -0.4 is 16.0 Å². The summed E-state index contributed by atoms with van der Waals surface area (Å²) in [4.78, 5) is 39.2. The molecule has 23 heavy (non-hydrogen) atoms. The van der Waals surface area contributed by atoms with E-state index in [4.69, 9.17) is 0 Å². The lowest BCUT2D eigenvalue weighted by Gasteiger charge is -2.11. The molecule has 0 spiro atoms. The van der Waals surface area contributed by atoms with E-state index in [2.05, 4.69) is 20.9 Å². The number of hydrogen-bond acceptors (Lipinski definition) is 4. The number of pyridine rings is 1. The number of anilines is 1. The van der Waals surface area contributed by atoms with Gasteiger partial charge in [-0.3, -0.25) is 19.4 Å². The first-order valence-corrected chi connectivity index (χ1v) is 6.91. The summed E-state index contributed by atoms with van der Waals surface area (Å²) in [5.74, 6) is -1.97. The van der Waals surface area contributed by atoms with Gasteiger partial charge in [-0.15, -0.1) is 0 Å². The lowest BCUT2D eigenvalue weighted by atomic mass is 10.1. The molecule has 0 unspecified atom stereocenters. The van der Waals surface area contributed by atoms with Gasteiger partial charge >= 0.3 is 11.8 Å². The lowest BCUT2D eigenvalue weighted by Crippen LogP contribution is -2.33. The van der Waals surface area contributed by atoms with Crippen molar-refractivity contribution in [3.8, 4) is 0 Å². The molecule has 7 nitrogen and oxygen atoms in total. The third-order valence-corrected chi connectivity index (χ3v) is 3.03. The molecule has 1 heterocycles. The summed E-state index contributed by atoms with van der Waals surface area (Å²) in [6.45, 7) is 0.310. The summed E-state index contributed by atoms with van der Waals surface area (Å²) < 4.78 is 0. The average molecular weight is 312 g/mol. The minimum Gasteiger partial charge on any atom is -0.351 e. The lowest BCUT2D eigenvalue weighted by molar-refractivity contribution is -0.135. The van der Waals surface area contributed by atoms with Crippen LogP contribution in [0.3, 0.4) is 0 Å². The number of nitrogens with zero attached hydrogens (tertiary/aromatic N) is 1. The SMILES string of the molecule is CNC(=O)C(=O)Nc1ccccc1C(=O)NCc1cccnc1. The fourth-order valence-electron chi connectivity index (χ4n) is 1.86. The van der Waals surface area contributed by atoms with Gasteiger partial charge < -0.3 is 16.0 Å². The third-order valence-electron chi connectivity index (χ3n) is 3.03. The highest BCUT2D eigenvalue weighted by atomic mass is 16.2. The van der Waals surface area contributed by atoms with Crippen LogP contribution in [-0.4, -0.2) is 29.8 Å². The molecular weight excluding hydrogens is 296 g/mol. The number of para-hydroxylation sites is 1. The first-order chi connectivity index (χ1) is 11.1. The fraction of sp³-hybridized carbons (Fsp3) is 0.125. The molecule has 1 aromatic carbocycles. The molecule has 0 fully saturated rings. The highest BCUT2D eigenvalue weighted by Crippen LogP contribution is 2.15. The van der Waals surface area contributed by atoms with Gasteiger partial charge in [-0.1, -0.05) is 18.2 Å². The molecule has 0 saturated carbocycles. The third kappa shape index (κ3) is 4.37. The predicted octanol–water partition coefficient (Wildman–Crippen LogP) is 0.696. The van der Waals surface area contributed by atoms with Crippen LogP contribution in [0, 0.1) is 0 Å². The highest BCUT2D eigenvalue weighted by molar-refractivity contribution is 6.39. The topological polar surface area (TPSA) is 100 Å². The van der Waals surface area contributed by atoms with E-state index < -0.39 is 11.8 Å². The smallest absolute Gasteiger partial charge is 0.313 e. The Morgan fingerprint density at radius 3 is 2.52 bits per heavy atom. The van der Waals surface area contributed by atoms with Gasteiger partial charge in [0.25, 0.3) is 5.91 Å². The van der Waals surface area contributed by atoms with E-state index in [1.165, 1.54) is 7.05 Å². The summed E-state index contributed by atoms with van der Waals surface area (Å²) in [7, 11) is 1.36. The minimum absolute atomic E-state index is 0.268. The molecule has 7 heteroatoms. The molecular formula is C16H16N4O3. The Labute approximate surface area is 133 Å². The molecule has 2 rings (SSSR count). The number of carbonyl (C=O) groups is 3. The maximum Gasteiger partial charge on any atom is 0.313 e. The van der Waals surface area contributed by atoms with E-state index in [9.17, 15) is 14.4 Å². The van der Waals surface area contributed by atoms with Crippen molar-refractivity contribution in [3.63, 3.8) is 0 Å². The number of carbonyl (C=O) groups excluding carboxylic acids is 3. The van der Waals surface area contributed by atoms with E-state index in [1.54, 1.807) is 42.7 Å². The van der Waals surface area contributed by atoms with Gasteiger partial charge in [0.15, 0.2) is 0 Å². The summed E-state index contributed by atoms with van der Waals surface area (Å²) in [5, 5.41) is 7.38. The molecule has 3 N–H and O–H groups in total. The van der Waals surface area contributed by atoms with Crippen LogP contribution in [0.4, 0.5) is 5.69 Å². The average Bonchev–Trinajstić information content (AvgIpc) is 2.60. The second-order valence-electron chi connectivity index (χ2n) is 4.62. The zero-order chi connectivity index (χ0) is 16.7. The summed E-state index contributed by atoms with van der Waals surface area (Å²) in [6.07, 6.45) is 3.30. The van der Waals surface area contributed by atoms with Crippen LogP contribution in [-0.2, 0) is 16.1 Å². The van der Waals surface area contributed by atoms with E-state index in [0.717, 1.165) is 5.56 Å². The highest BCUT2D eigenvalue weighted by Gasteiger charge is 2.16. The van der Waals surface area contributed by atoms with Gasteiger partial charge in [0.05, 0.1) is 11.3 Å². The molecule has 3 amide bonds. The first kappa shape index (κ1) is 16.2. The summed E-state index contributed by atoms with van der Waals surface area (Å²) in [5.41, 5.74) is 1.39. The first-order valence-electron chi connectivity index (χ1n) is 6.91. The molecule has 0 saturated heterocycles. The van der Waals surface area contributed by atoms with E-state index >= 15 is 0 Å². The van der Waals surface area contributed by atoms with E-state index in [1.807, 2.05) is 6.07 Å². The van der Waals surface area contributed by atoms with Crippen molar-refractivity contribution in [2.45, 2.75) is 6.54 Å². The Morgan fingerprint density at radius 2 is 1.83 bits per heavy atom. The molecule has 0 aliphatic carbocycles. The van der Waals surface area contributed by atoms with E-state index in [0.29, 0.717) is 6.54 Å². The molecule has 1 aromatic heterocycles. The number of aromatic nitrogens is 1. The maximum absolute atomic E-state index is 12.3. The quantitative estimate of drug-likeness (QED) is 0.723. The molecule has 0 bridgehead atoms. The van der Waals surface area contributed by atoms with Gasteiger partial charge in [-0.05, 0) is 23.8 Å². The Balaban J connectivity index is 2.08. The number of likely N-dealkylation sites (N-methyl/N-ethyl adjacent to an activating group) is 1. The molecule has 2 aromatic rings. The van der Waals surface area contributed by atoms with Crippen LogP contribution in [0.5, 0.6) is 0 Å². The van der Waals surface area contributed by atoms with Crippen molar-refractivity contribution in [1.29, 1.82) is 0 Å². The maximum atomic E-state index is 12.3. The molecule has 0 aliphatic heterocycles. The van der Waals surface area contributed by atoms with Crippen LogP contribution >= 0.6 is 0 Å². The van der Waals surface area contributed by atoms with Gasteiger partial charge in [0.1, 0.15) is 0 Å². The van der Waals surface area contributed by atoms with Crippen molar-refractivity contribution in [3.05, 3.63) is 59.9 Å². The summed E-state index contributed by atoms with van der Waals surface area (Å²) >= 11 is 0. The Bertz CT molecular complexity index is 716. The molecule has 0 aliphatic rings. The van der Waals surface area contributed by atoms with Crippen molar-refractivity contribution in [1.82, 2.24) is 15.6 Å². The minimum atomic E-state index is -0.833. The summed E-state index contributed by atoms with van der Waals surface area (Å²) in [6, 6.07) is 10.1. The van der Waals surface area contributed by atoms with Crippen LogP contribution in [0.1, 0.15) is 15.9 Å². The normalized spacial score (nSPS) is 9.78. The van der Waals surface area contributed by atoms with Crippen molar-refractivity contribution >= 4 is 23.4 Å².